The quantitative estimate of drug-likeness (QED) is 0.808. The first-order valence-corrected chi connectivity index (χ1v) is 9.52. The van der Waals surface area contributed by atoms with Crippen LogP contribution in [0.2, 0.25) is 5.02 Å². The summed E-state index contributed by atoms with van der Waals surface area (Å²) in [6, 6.07) is 3.32. The lowest BCUT2D eigenvalue weighted by Gasteiger charge is -2.29. The Kier molecular flexibility index (Phi) is 6.45. The summed E-state index contributed by atoms with van der Waals surface area (Å²) in [6.45, 7) is 5.58. The number of carbonyl (C=O) groups is 1. The number of ether oxygens (including phenoxy) is 2. The van der Waals surface area contributed by atoms with Gasteiger partial charge in [0.1, 0.15) is 5.75 Å². The molecule has 1 atom stereocenters. The zero-order valence-corrected chi connectivity index (χ0v) is 15.2. The summed E-state index contributed by atoms with van der Waals surface area (Å²) in [5.41, 5.74) is 0. The minimum atomic E-state index is -3.87. The van der Waals surface area contributed by atoms with Crippen LogP contribution >= 0.6 is 11.6 Å². The summed E-state index contributed by atoms with van der Waals surface area (Å²) in [5, 5.41) is 0.201. The van der Waals surface area contributed by atoms with Crippen LogP contribution in [0.3, 0.4) is 0 Å². The van der Waals surface area contributed by atoms with E-state index < -0.39 is 16.1 Å². The maximum absolute atomic E-state index is 12.4. The maximum atomic E-state index is 12.4. The fourth-order valence-electron chi connectivity index (χ4n) is 2.33. The Morgan fingerprint density at radius 3 is 2.67 bits per heavy atom. The Morgan fingerprint density at radius 2 is 2.08 bits per heavy atom. The van der Waals surface area contributed by atoms with Gasteiger partial charge in [-0.1, -0.05) is 11.6 Å². The Bertz CT molecular complexity index is 689. The van der Waals surface area contributed by atoms with E-state index in [-0.39, 0.29) is 15.8 Å². The van der Waals surface area contributed by atoms with Crippen LogP contribution in [0.5, 0.6) is 5.75 Å². The smallest absolute Gasteiger partial charge is 0.241 e. The minimum Gasteiger partial charge on any atom is -0.492 e. The molecule has 0 radical (unpaired) electrons. The number of hydrogen-bond donors (Lipinski definition) is 1. The zero-order valence-electron chi connectivity index (χ0n) is 13.6. The fourth-order valence-corrected chi connectivity index (χ4v) is 3.85. The highest BCUT2D eigenvalue weighted by Crippen LogP contribution is 2.27. The summed E-state index contributed by atoms with van der Waals surface area (Å²) in [4.78, 5) is 13.9. The topological polar surface area (TPSA) is 84.9 Å². The lowest BCUT2D eigenvalue weighted by molar-refractivity contribution is -0.136. The Morgan fingerprint density at radius 1 is 1.42 bits per heavy atom. The molecule has 0 spiro atoms. The molecule has 0 bridgehead atoms. The van der Waals surface area contributed by atoms with Gasteiger partial charge in [-0.15, -0.1) is 0 Å². The monoisotopic (exact) mass is 376 g/mol. The summed E-state index contributed by atoms with van der Waals surface area (Å²) in [5.74, 6) is 0.134. The number of nitrogens with one attached hydrogen (secondary N) is 1. The highest BCUT2D eigenvalue weighted by molar-refractivity contribution is 7.89. The molecule has 1 aliphatic rings. The normalized spacial score (nSPS) is 16.7. The first-order chi connectivity index (χ1) is 11.3. The molecule has 0 unspecified atom stereocenters. The van der Waals surface area contributed by atoms with Crippen molar-refractivity contribution in [2.45, 2.75) is 24.8 Å². The lowest BCUT2D eigenvalue weighted by Crippen LogP contribution is -2.50. The van der Waals surface area contributed by atoms with Crippen molar-refractivity contribution in [2.24, 2.45) is 0 Å². The number of morpholine rings is 1. The second-order valence-corrected chi connectivity index (χ2v) is 7.43. The molecule has 0 saturated carbocycles. The van der Waals surface area contributed by atoms with E-state index in [2.05, 4.69) is 4.72 Å². The third-order valence-corrected chi connectivity index (χ3v) is 5.37. The molecule has 0 aliphatic carbocycles. The molecule has 2 rings (SSSR count). The largest absolute Gasteiger partial charge is 0.492 e. The van der Waals surface area contributed by atoms with Gasteiger partial charge in [0.2, 0.25) is 15.9 Å². The SMILES string of the molecule is CCOc1ccc(S(=O)(=O)N[C@H](C)C(=O)N2CCOCC2)cc1Cl. The molecule has 1 N–H and O–H groups in total. The molecule has 1 fully saturated rings. The van der Waals surface area contributed by atoms with Gasteiger partial charge in [-0.3, -0.25) is 4.79 Å². The Labute approximate surface area is 146 Å². The molecule has 9 heteroatoms. The van der Waals surface area contributed by atoms with Gasteiger partial charge in [-0.05, 0) is 32.0 Å². The van der Waals surface area contributed by atoms with E-state index >= 15 is 0 Å². The van der Waals surface area contributed by atoms with Gasteiger partial charge in [0.25, 0.3) is 0 Å². The van der Waals surface area contributed by atoms with Gasteiger partial charge in [0.05, 0.1) is 35.8 Å². The molecule has 1 aliphatic heterocycles. The van der Waals surface area contributed by atoms with E-state index in [0.717, 1.165) is 0 Å². The lowest BCUT2D eigenvalue weighted by atomic mass is 10.3. The second-order valence-electron chi connectivity index (χ2n) is 5.31. The van der Waals surface area contributed by atoms with E-state index in [1.165, 1.54) is 25.1 Å². The third kappa shape index (κ3) is 4.60. The Hall–Kier alpha value is -1.35. The summed E-state index contributed by atoms with van der Waals surface area (Å²) < 4.78 is 37.7. The Balaban J connectivity index is 2.09. The number of sulfonamides is 1. The van der Waals surface area contributed by atoms with Crippen molar-refractivity contribution in [3.63, 3.8) is 0 Å². The first kappa shape index (κ1) is 19.0. The zero-order chi connectivity index (χ0) is 17.7. The van der Waals surface area contributed by atoms with E-state index in [1.807, 2.05) is 6.92 Å². The van der Waals surface area contributed by atoms with Crippen molar-refractivity contribution in [2.75, 3.05) is 32.9 Å². The number of hydrogen-bond acceptors (Lipinski definition) is 5. The van der Waals surface area contributed by atoms with Gasteiger partial charge in [0, 0.05) is 13.1 Å². The van der Waals surface area contributed by atoms with Crippen LogP contribution in [0.25, 0.3) is 0 Å². The van der Waals surface area contributed by atoms with Crippen LogP contribution in [-0.2, 0) is 19.6 Å². The van der Waals surface area contributed by atoms with Gasteiger partial charge in [0.15, 0.2) is 0 Å². The highest BCUT2D eigenvalue weighted by atomic mass is 35.5. The molecule has 1 saturated heterocycles. The minimum absolute atomic E-state index is 0.0161. The average molecular weight is 377 g/mol. The molecule has 1 heterocycles. The predicted octanol–water partition coefficient (Wildman–Crippen LogP) is 1.26. The van der Waals surface area contributed by atoms with Crippen molar-refractivity contribution >= 4 is 27.5 Å². The maximum Gasteiger partial charge on any atom is 0.241 e. The molecular formula is C15H21ClN2O5S. The summed E-state index contributed by atoms with van der Waals surface area (Å²) in [7, 11) is -3.87. The van der Waals surface area contributed by atoms with Crippen molar-refractivity contribution in [3.05, 3.63) is 23.2 Å². The van der Waals surface area contributed by atoms with E-state index in [1.54, 1.807) is 4.90 Å². The molecule has 7 nitrogen and oxygen atoms in total. The van der Waals surface area contributed by atoms with Gasteiger partial charge in [-0.25, -0.2) is 8.42 Å². The number of benzene rings is 1. The standard InChI is InChI=1S/C15H21ClN2O5S/c1-3-23-14-5-4-12(10-13(14)16)24(20,21)17-11(2)15(19)18-6-8-22-9-7-18/h4-5,10-11,17H,3,6-9H2,1-2H3/t11-/m1/s1. The molecule has 1 aromatic carbocycles. The molecule has 1 aromatic rings. The van der Waals surface area contributed by atoms with E-state index in [9.17, 15) is 13.2 Å². The van der Waals surface area contributed by atoms with Crippen molar-refractivity contribution < 1.29 is 22.7 Å². The van der Waals surface area contributed by atoms with Gasteiger partial charge >= 0.3 is 0 Å². The molecule has 134 valence electrons. The highest BCUT2D eigenvalue weighted by Gasteiger charge is 2.27. The van der Waals surface area contributed by atoms with Crippen LogP contribution in [0.15, 0.2) is 23.1 Å². The number of halogens is 1. The third-order valence-electron chi connectivity index (χ3n) is 3.54. The van der Waals surface area contributed by atoms with E-state index in [4.69, 9.17) is 21.1 Å². The predicted molar refractivity (Wildman–Crippen MR) is 89.8 cm³/mol. The first-order valence-electron chi connectivity index (χ1n) is 7.66. The number of nitrogens with zero attached hydrogens (tertiary/aromatic N) is 1. The van der Waals surface area contributed by atoms with Crippen LogP contribution in [0, 0.1) is 0 Å². The average Bonchev–Trinajstić information content (AvgIpc) is 2.56. The molecule has 24 heavy (non-hydrogen) atoms. The molecular weight excluding hydrogens is 356 g/mol. The van der Waals surface area contributed by atoms with Crippen molar-refractivity contribution in [1.82, 2.24) is 9.62 Å². The summed E-state index contributed by atoms with van der Waals surface area (Å²) >= 11 is 6.03. The van der Waals surface area contributed by atoms with Crippen LogP contribution < -0.4 is 9.46 Å². The molecule has 1 amide bonds. The van der Waals surface area contributed by atoms with Gasteiger partial charge < -0.3 is 14.4 Å². The van der Waals surface area contributed by atoms with Crippen LogP contribution in [-0.4, -0.2) is 58.2 Å². The fraction of sp³-hybridized carbons (Fsp3) is 0.533. The van der Waals surface area contributed by atoms with Crippen molar-refractivity contribution in [3.8, 4) is 5.75 Å². The van der Waals surface area contributed by atoms with Crippen molar-refractivity contribution in [1.29, 1.82) is 0 Å². The summed E-state index contributed by atoms with van der Waals surface area (Å²) in [6.07, 6.45) is 0. The number of rotatable bonds is 6. The van der Waals surface area contributed by atoms with Gasteiger partial charge in [-0.2, -0.15) is 4.72 Å². The van der Waals surface area contributed by atoms with Crippen LogP contribution in [0.1, 0.15) is 13.8 Å². The van der Waals surface area contributed by atoms with E-state index in [0.29, 0.717) is 38.7 Å². The number of carbonyl (C=O) groups excluding carboxylic acids is 1. The van der Waals surface area contributed by atoms with Crippen LogP contribution in [0.4, 0.5) is 0 Å². The second kappa shape index (κ2) is 8.15. The molecule has 0 aromatic heterocycles. The number of amides is 1.